The summed E-state index contributed by atoms with van der Waals surface area (Å²) in [5.41, 5.74) is 2.76. The normalized spacial score (nSPS) is 11.1. The fourth-order valence-electron chi connectivity index (χ4n) is 4.00. The average Bonchev–Trinajstić information content (AvgIpc) is 2.93. The third-order valence-electron chi connectivity index (χ3n) is 5.90. The van der Waals surface area contributed by atoms with Crippen LogP contribution in [0.5, 0.6) is 11.5 Å². The third-order valence-corrected chi connectivity index (χ3v) is 6.18. The predicted octanol–water partition coefficient (Wildman–Crippen LogP) is 6.74. The van der Waals surface area contributed by atoms with Crippen LogP contribution in [0.25, 0.3) is 16.8 Å². The lowest BCUT2D eigenvalue weighted by molar-refractivity contribution is -0.117. The highest BCUT2D eigenvalue weighted by Crippen LogP contribution is 2.37. The second-order valence-electron chi connectivity index (χ2n) is 8.52. The summed E-state index contributed by atoms with van der Waals surface area (Å²) in [4.78, 5) is 12.6. The molecule has 1 amide bonds. The monoisotopic (exact) mass is 510 g/mol. The Balaban J connectivity index is 1.41. The van der Waals surface area contributed by atoms with Gasteiger partial charge in [-0.1, -0.05) is 78.3 Å². The molecule has 0 radical (unpaired) electrons. The molecule has 0 aliphatic rings. The van der Waals surface area contributed by atoms with Crippen LogP contribution >= 0.6 is 11.6 Å². The van der Waals surface area contributed by atoms with Crippen molar-refractivity contribution in [1.82, 2.24) is 5.32 Å². The number of carbonyl (C=O) groups is 1. The molecule has 0 bridgehead atoms. The summed E-state index contributed by atoms with van der Waals surface area (Å²) in [6, 6.07) is 29.6. The summed E-state index contributed by atoms with van der Waals surface area (Å²) in [5, 5.41) is 15.0. The number of hydrogen-bond donors (Lipinski definition) is 1. The maximum absolute atomic E-state index is 12.6. The van der Waals surface area contributed by atoms with E-state index in [4.69, 9.17) is 21.1 Å². The fourth-order valence-corrected chi connectivity index (χ4v) is 4.27. The van der Waals surface area contributed by atoms with Gasteiger partial charge in [0.05, 0.1) is 12.1 Å². The maximum Gasteiger partial charge on any atom is 0.261 e. The first-order valence-corrected chi connectivity index (χ1v) is 12.4. The van der Waals surface area contributed by atoms with Crippen molar-refractivity contribution in [3.8, 4) is 17.6 Å². The van der Waals surface area contributed by atoms with Crippen molar-refractivity contribution in [3.05, 3.63) is 112 Å². The van der Waals surface area contributed by atoms with Gasteiger partial charge in [-0.25, -0.2) is 0 Å². The van der Waals surface area contributed by atoms with Crippen LogP contribution in [0, 0.1) is 11.3 Å². The molecule has 4 aromatic carbocycles. The van der Waals surface area contributed by atoms with E-state index in [-0.39, 0.29) is 5.57 Å². The van der Waals surface area contributed by atoms with Crippen LogP contribution in [0.3, 0.4) is 0 Å². The molecule has 0 saturated heterocycles. The minimum Gasteiger partial charge on any atom is -0.493 e. The van der Waals surface area contributed by atoms with E-state index in [0.29, 0.717) is 35.2 Å². The van der Waals surface area contributed by atoms with Crippen LogP contribution in [0.2, 0.25) is 5.02 Å². The fraction of sp³-hybridized carbons (Fsp3) is 0.161. The Morgan fingerprint density at radius 1 is 0.973 bits per heavy atom. The Morgan fingerprint density at radius 3 is 2.49 bits per heavy atom. The highest BCUT2D eigenvalue weighted by molar-refractivity contribution is 6.32. The molecule has 0 aliphatic carbocycles. The van der Waals surface area contributed by atoms with E-state index in [0.717, 1.165) is 29.2 Å². The molecule has 0 aromatic heterocycles. The maximum atomic E-state index is 12.6. The van der Waals surface area contributed by atoms with Gasteiger partial charge in [0.15, 0.2) is 11.5 Å². The Labute approximate surface area is 221 Å². The lowest BCUT2D eigenvalue weighted by Gasteiger charge is -2.14. The van der Waals surface area contributed by atoms with E-state index < -0.39 is 5.91 Å². The van der Waals surface area contributed by atoms with E-state index in [2.05, 4.69) is 41.7 Å². The second kappa shape index (κ2) is 12.6. The largest absolute Gasteiger partial charge is 0.493 e. The van der Waals surface area contributed by atoms with Crippen molar-refractivity contribution in [1.29, 1.82) is 5.26 Å². The Hall–Kier alpha value is -4.27. The summed E-state index contributed by atoms with van der Waals surface area (Å²) in [5.74, 6) is 0.390. The zero-order chi connectivity index (χ0) is 26.0. The van der Waals surface area contributed by atoms with Crippen molar-refractivity contribution in [2.45, 2.75) is 19.4 Å². The van der Waals surface area contributed by atoms with Crippen molar-refractivity contribution < 1.29 is 14.3 Å². The minimum absolute atomic E-state index is 0.0114. The van der Waals surface area contributed by atoms with Gasteiger partial charge >= 0.3 is 0 Å². The highest BCUT2D eigenvalue weighted by Gasteiger charge is 2.14. The van der Waals surface area contributed by atoms with Crippen LogP contribution in [0.15, 0.2) is 90.5 Å². The van der Waals surface area contributed by atoms with Gasteiger partial charge in [-0.15, -0.1) is 0 Å². The van der Waals surface area contributed by atoms with Crippen LogP contribution < -0.4 is 14.8 Å². The van der Waals surface area contributed by atoms with Gasteiger partial charge in [0, 0.05) is 6.54 Å². The number of nitrogens with one attached hydrogen (secondary N) is 1. The van der Waals surface area contributed by atoms with Crippen LogP contribution in [0.1, 0.15) is 23.1 Å². The summed E-state index contributed by atoms with van der Waals surface area (Å²) in [6.07, 6.45) is 3.12. The molecule has 5 nitrogen and oxygen atoms in total. The predicted molar refractivity (Wildman–Crippen MR) is 148 cm³/mol. The molecule has 4 rings (SSSR count). The molecule has 0 spiro atoms. The molecule has 0 aliphatic heterocycles. The third kappa shape index (κ3) is 6.91. The van der Waals surface area contributed by atoms with Crippen LogP contribution in [0.4, 0.5) is 0 Å². The van der Waals surface area contributed by atoms with Crippen molar-refractivity contribution in [2.24, 2.45) is 0 Å². The minimum atomic E-state index is -0.428. The summed E-state index contributed by atoms with van der Waals surface area (Å²) < 4.78 is 11.5. The number of fused-ring (bicyclic) bond motifs is 1. The van der Waals surface area contributed by atoms with Gasteiger partial charge in [-0.3, -0.25) is 4.79 Å². The molecular weight excluding hydrogens is 484 g/mol. The van der Waals surface area contributed by atoms with Crippen LogP contribution in [-0.4, -0.2) is 19.6 Å². The van der Waals surface area contributed by atoms with Crippen molar-refractivity contribution >= 4 is 34.4 Å². The van der Waals surface area contributed by atoms with E-state index in [1.165, 1.54) is 18.7 Å². The summed E-state index contributed by atoms with van der Waals surface area (Å²) in [7, 11) is 1.52. The van der Waals surface area contributed by atoms with E-state index in [9.17, 15) is 10.1 Å². The number of benzene rings is 4. The average molecular weight is 511 g/mol. The Morgan fingerprint density at radius 2 is 1.73 bits per heavy atom. The molecule has 0 atom stereocenters. The molecule has 186 valence electrons. The molecule has 0 fully saturated rings. The molecule has 4 aromatic rings. The van der Waals surface area contributed by atoms with E-state index in [1.807, 2.05) is 42.5 Å². The number of rotatable bonds is 10. The topological polar surface area (TPSA) is 71.3 Å². The van der Waals surface area contributed by atoms with Crippen molar-refractivity contribution in [2.75, 3.05) is 13.7 Å². The number of nitriles is 1. The first-order chi connectivity index (χ1) is 18.1. The molecule has 37 heavy (non-hydrogen) atoms. The van der Waals surface area contributed by atoms with Crippen molar-refractivity contribution in [3.63, 3.8) is 0 Å². The molecule has 6 heteroatoms. The first-order valence-electron chi connectivity index (χ1n) is 12.0. The quantitative estimate of drug-likeness (QED) is 0.146. The van der Waals surface area contributed by atoms with Gasteiger partial charge in [-0.2, -0.15) is 5.26 Å². The zero-order valence-electron chi connectivity index (χ0n) is 20.5. The molecule has 1 N–H and O–H groups in total. The second-order valence-corrected chi connectivity index (χ2v) is 8.93. The summed E-state index contributed by atoms with van der Waals surface area (Å²) >= 11 is 6.52. The molecule has 0 saturated carbocycles. The smallest absolute Gasteiger partial charge is 0.261 e. The van der Waals surface area contributed by atoms with E-state index in [1.54, 1.807) is 12.1 Å². The number of nitrogens with zero attached hydrogens (tertiary/aromatic N) is 1. The SMILES string of the molecule is COc1cc(/C=C(/C#N)C(=O)NCCCc2ccccc2)cc(Cl)c1OCc1ccc2ccccc2c1. The standard InChI is InChI=1S/C31H27ClN2O3/c1-36-29-19-24(17-27(20-33)31(35)34-15-7-10-22-8-3-2-4-9-22)18-28(32)30(29)37-21-23-13-14-25-11-5-6-12-26(25)16-23/h2-6,8-9,11-14,16-19H,7,10,15,21H2,1H3,(H,34,35)/b27-17-. The molecule has 0 unspecified atom stereocenters. The first kappa shape index (κ1) is 25.8. The van der Waals surface area contributed by atoms with E-state index >= 15 is 0 Å². The molecular formula is C31H27ClN2O3. The summed E-state index contributed by atoms with van der Waals surface area (Å²) in [6.45, 7) is 0.781. The lowest BCUT2D eigenvalue weighted by atomic mass is 10.1. The lowest BCUT2D eigenvalue weighted by Crippen LogP contribution is -2.25. The Bertz CT molecular complexity index is 1460. The number of amides is 1. The number of halogens is 1. The number of ether oxygens (including phenoxy) is 2. The Kier molecular flexibility index (Phi) is 8.80. The van der Waals surface area contributed by atoms with Crippen LogP contribution in [-0.2, 0) is 17.8 Å². The molecule has 0 heterocycles. The zero-order valence-corrected chi connectivity index (χ0v) is 21.3. The highest BCUT2D eigenvalue weighted by atomic mass is 35.5. The van der Waals surface area contributed by atoms with Gasteiger partial charge in [-0.05, 0) is 64.6 Å². The van der Waals surface area contributed by atoms with Gasteiger partial charge in [0.1, 0.15) is 18.2 Å². The number of methoxy groups -OCH3 is 1. The number of carbonyl (C=O) groups excluding carboxylic acids is 1. The van der Waals surface area contributed by atoms with Gasteiger partial charge in [0.25, 0.3) is 5.91 Å². The van der Waals surface area contributed by atoms with Gasteiger partial charge < -0.3 is 14.8 Å². The van der Waals surface area contributed by atoms with Gasteiger partial charge in [0.2, 0.25) is 0 Å². The number of hydrogen-bond acceptors (Lipinski definition) is 4. The number of aryl methyl sites for hydroxylation is 1.